The number of anilines is 2. The molecule has 1 fully saturated rings. The highest BCUT2D eigenvalue weighted by Gasteiger charge is 2.18. The lowest BCUT2D eigenvalue weighted by Crippen LogP contribution is -2.38. The maximum atomic E-state index is 5.70. The molecule has 94 valence electrons. The van der Waals surface area contributed by atoms with Crippen LogP contribution in [0.15, 0.2) is 24.3 Å². The van der Waals surface area contributed by atoms with Crippen molar-refractivity contribution >= 4 is 11.4 Å². The normalized spacial score (nSPS) is 21.4. The number of nitrogens with two attached hydrogens (primary N) is 1. The maximum absolute atomic E-state index is 5.70. The SMILES string of the molecule is CN1CCCC(CN(C)c2ccc(N)cc2)C1. The Labute approximate surface area is 104 Å². The van der Waals surface area contributed by atoms with Crippen LogP contribution in [0.5, 0.6) is 0 Å². The molecule has 1 aromatic rings. The molecule has 1 unspecified atom stereocenters. The molecule has 0 spiro atoms. The highest BCUT2D eigenvalue weighted by atomic mass is 15.1. The zero-order valence-electron chi connectivity index (χ0n) is 10.9. The molecule has 1 aliphatic heterocycles. The number of nitrogens with zero attached hydrogens (tertiary/aromatic N) is 2. The van der Waals surface area contributed by atoms with Crippen molar-refractivity contribution in [3.63, 3.8) is 0 Å². The molecule has 0 aliphatic carbocycles. The molecule has 1 saturated heterocycles. The van der Waals surface area contributed by atoms with E-state index in [-0.39, 0.29) is 0 Å². The zero-order chi connectivity index (χ0) is 12.3. The largest absolute Gasteiger partial charge is 0.399 e. The van der Waals surface area contributed by atoms with Gasteiger partial charge in [-0.15, -0.1) is 0 Å². The van der Waals surface area contributed by atoms with Gasteiger partial charge >= 0.3 is 0 Å². The summed E-state index contributed by atoms with van der Waals surface area (Å²) in [7, 11) is 4.38. The number of hydrogen-bond donors (Lipinski definition) is 1. The van der Waals surface area contributed by atoms with Gasteiger partial charge in [0.05, 0.1) is 0 Å². The first-order valence-corrected chi connectivity index (χ1v) is 6.40. The van der Waals surface area contributed by atoms with Gasteiger partial charge in [0.1, 0.15) is 0 Å². The lowest BCUT2D eigenvalue weighted by atomic mass is 9.98. The van der Waals surface area contributed by atoms with Crippen LogP contribution in [-0.2, 0) is 0 Å². The summed E-state index contributed by atoms with van der Waals surface area (Å²) in [6, 6.07) is 8.14. The molecular weight excluding hydrogens is 210 g/mol. The number of piperidine rings is 1. The Balaban J connectivity index is 1.91. The first-order chi connectivity index (χ1) is 8.15. The lowest BCUT2D eigenvalue weighted by Gasteiger charge is -2.33. The van der Waals surface area contributed by atoms with E-state index in [1.165, 1.54) is 31.6 Å². The Hall–Kier alpha value is -1.22. The fraction of sp³-hybridized carbons (Fsp3) is 0.571. The van der Waals surface area contributed by atoms with Crippen molar-refractivity contribution < 1.29 is 0 Å². The maximum Gasteiger partial charge on any atom is 0.0365 e. The summed E-state index contributed by atoms with van der Waals surface area (Å²) in [6.07, 6.45) is 2.68. The number of hydrogen-bond acceptors (Lipinski definition) is 3. The highest BCUT2D eigenvalue weighted by molar-refractivity contribution is 5.52. The third-order valence-electron chi connectivity index (χ3n) is 3.59. The molecular formula is C14H23N3. The van der Waals surface area contributed by atoms with Crippen LogP contribution in [0.2, 0.25) is 0 Å². The molecule has 0 saturated carbocycles. The average Bonchev–Trinajstić information content (AvgIpc) is 2.29. The zero-order valence-corrected chi connectivity index (χ0v) is 10.9. The van der Waals surface area contributed by atoms with Crippen LogP contribution in [0.3, 0.4) is 0 Å². The lowest BCUT2D eigenvalue weighted by molar-refractivity contribution is 0.213. The van der Waals surface area contributed by atoms with Gasteiger partial charge in [0.2, 0.25) is 0 Å². The van der Waals surface area contributed by atoms with Gasteiger partial charge in [-0.05, 0) is 56.6 Å². The van der Waals surface area contributed by atoms with E-state index in [9.17, 15) is 0 Å². The number of nitrogen functional groups attached to an aromatic ring is 1. The highest BCUT2D eigenvalue weighted by Crippen LogP contribution is 2.20. The van der Waals surface area contributed by atoms with Crippen LogP contribution in [-0.4, -0.2) is 38.6 Å². The minimum Gasteiger partial charge on any atom is -0.399 e. The molecule has 1 aromatic carbocycles. The standard InChI is InChI=1S/C14H23N3/c1-16-9-3-4-12(10-16)11-17(2)14-7-5-13(15)6-8-14/h5-8,12H,3-4,9-11,15H2,1-2H3. The Kier molecular flexibility index (Phi) is 3.89. The van der Waals surface area contributed by atoms with Crippen LogP contribution in [0.1, 0.15) is 12.8 Å². The predicted molar refractivity (Wildman–Crippen MR) is 74.3 cm³/mol. The molecule has 17 heavy (non-hydrogen) atoms. The molecule has 1 heterocycles. The van der Waals surface area contributed by atoms with E-state index in [0.717, 1.165) is 18.2 Å². The molecule has 1 atom stereocenters. The van der Waals surface area contributed by atoms with Gasteiger partial charge in [0.25, 0.3) is 0 Å². The van der Waals surface area contributed by atoms with Crippen LogP contribution in [0.25, 0.3) is 0 Å². The van der Waals surface area contributed by atoms with Crippen molar-refractivity contribution in [2.24, 2.45) is 5.92 Å². The third-order valence-corrected chi connectivity index (χ3v) is 3.59. The summed E-state index contributed by atoms with van der Waals surface area (Å²) in [6.45, 7) is 3.61. The average molecular weight is 233 g/mol. The van der Waals surface area contributed by atoms with Crippen LogP contribution >= 0.6 is 0 Å². The van der Waals surface area contributed by atoms with Gasteiger partial charge in [-0.1, -0.05) is 0 Å². The summed E-state index contributed by atoms with van der Waals surface area (Å²) >= 11 is 0. The minimum atomic E-state index is 0.788. The van der Waals surface area contributed by atoms with E-state index < -0.39 is 0 Å². The molecule has 3 nitrogen and oxygen atoms in total. The van der Waals surface area contributed by atoms with E-state index in [2.05, 4.69) is 36.0 Å². The van der Waals surface area contributed by atoms with E-state index >= 15 is 0 Å². The van der Waals surface area contributed by atoms with Crippen molar-refractivity contribution in [1.82, 2.24) is 4.90 Å². The van der Waals surface area contributed by atoms with E-state index in [1.54, 1.807) is 0 Å². The Morgan fingerprint density at radius 1 is 1.35 bits per heavy atom. The molecule has 0 radical (unpaired) electrons. The van der Waals surface area contributed by atoms with Crippen molar-refractivity contribution in [1.29, 1.82) is 0 Å². The molecule has 0 bridgehead atoms. The molecule has 1 aliphatic rings. The fourth-order valence-electron chi connectivity index (χ4n) is 2.64. The molecule has 0 aromatic heterocycles. The quantitative estimate of drug-likeness (QED) is 0.811. The summed E-state index contributed by atoms with van der Waals surface area (Å²) in [5, 5.41) is 0. The van der Waals surface area contributed by atoms with Gasteiger partial charge in [-0.3, -0.25) is 0 Å². The van der Waals surface area contributed by atoms with Crippen LogP contribution in [0.4, 0.5) is 11.4 Å². The molecule has 2 rings (SSSR count). The Bertz CT molecular complexity index is 347. The van der Waals surface area contributed by atoms with Crippen molar-refractivity contribution in [3.05, 3.63) is 24.3 Å². The number of rotatable bonds is 3. The van der Waals surface area contributed by atoms with Crippen LogP contribution in [0, 0.1) is 5.92 Å². The van der Waals surface area contributed by atoms with Gasteiger partial charge in [-0.2, -0.15) is 0 Å². The van der Waals surface area contributed by atoms with Gasteiger partial charge in [0.15, 0.2) is 0 Å². The topological polar surface area (TPSA) is 32.5 Å². The third kappa shape index (κ3) is 3.37. The molecule has 0 amide bonds. The van der Waals surface area contributed by atoms with E-state index in [0.29, 0.717) is 0 Å². The second-order valence-corrected chi connectivity index (χ2v) is 5.24. The van der Waals surface area contributed by atoms with E-state index in [4.69, 9.17) is 5.73 Å². The van der Waals surface area contributed by atoms with Gasteiger partial charge < -0.3 is 15.5 Å². The number of likely N-dealkylation sites (tertiary alicyclic amines) is 1. The minimum absolute atomic E-state index is 0.788. The summed E-state index contributed by atoms with van der Waals surface area (Å²) in [5.41, 5.74) is 7.79. The van der Waals surface area contributed by atoms with E-state index in [1.807, 2.05) is 12.1 Å². The first kappa shape index (κ1) is 12.2. The summed E-state index contributed by atoms with van der Waals surface area (Å²) in [5.74, 6) is 0.788. The monoisotopic (exact) mass is 233 g/mol. The van der Waals surface area contributed by atoms with Crippen molar-refractivity contribution in [2.75, 3.05) is 44.4 Å². The Morgan fingerprint density at radius 2 is 2.06 bits per heavy atom. The first-order valence-electron chi connectivity index (χ1n) is 6.40. The van der Waals surface area contributed by atoms with Gasteiger partial charge in [0, 0.05) is 31.5 Å². The molecule has 2 N–H and O–H groups in total. The van der Waals surface area contributed by atoms with Crippen LogP contribution < -0.4 is 10.6 Å². The van der Waals surface area contributed by atoms with Crippen molar-refractivity contribution in [2.45, 2.75) is 12.8 Å². The van der Waals surface area contributed by atoms with Gasteiger partial charge in [-0.25, -0.2) is 0 Å². The predicted octanol–water partition coefficient (Wildman–Crippen LogP) is 2.05. The Morgan fingerprint density at radius 3 is 2.71 bits per heavy atom. The second kappa shape index (κ2) is 5.41. The second-order valence-electron chi connectivity index (χ2n) is 5.24. The summed E-state index contributed by atoms with van der Waals surface area (Å²) in [4.78, 5) is 4.77. The molecule has 3 heteroatoms. The van der Waals surface area contributed by atoms with Crippen molar-refractivity contribution in [3.8, 4) is 0 Å². The number of benzene rings is 1. The smallest absolute Gasteiger partial charge is 0.0365 e. The summed E-state index contributed by atoms with van der Waals surface area (Å²) < 4.78 is 0. The fourth-order valence-corrected chi connectivity index (χ4v) is 2.64.